The first kappa shape index (κ1) is 19.2. The molecule has 0 spiro atoms. The number of rotatable bonds is 7. The highest BCUT2D eigenvalue weighted by molar-refractivity contribution is 7.89. The van der Waals surface area contributed by atoms with E-state index in [2.05, 4.69) is 4.72 Å². The Morgan fingerprint density at radius 1 is 1.07 bits per heavy atom. The summed E-state index contributed by atoms with van der Waals surface area (Å²) in [6.07, 6.45) is 0. The predicted octanol–water partition coefficient (Wildman–Crippen LogP) is 2.64. The molecule has 1 aromatic heterocycles. The van der Waals surface area contributed by atoms with E-state index in [0.717, 1.165) is 5.39 Å². The highest BCUT2D eigenvalue weighted by atomic mass is 32.2. The number of ether oxygens (including phenoxy) is 2. The SMILES string of the molecule is COc1ccc(S(=O)(=O)NCC(C)(O)c2cc3ccccc3o2)cc1OC. The lowest BCUT2D eigenvalue weighted by Gasteiger charge is -2.21. The lowest BCUT2D eigenvalue weighted by Crippen LogP contribution is -2.38. The van der Waals surface area contributed by atoms with Crippen molar-refractivity contribution in [2.24, 2.45) is 0 Å². The van der Waals surface area contributed by atoms with E-state index in [1.165, 1.54) is 39.3 Å². The fourth-order valence-corrected chi connectivity index (χ4v) is 3.78. The molecule has 0 aliphatic heterocycles. The Hall–Kier alpha value is -2.55. The fraction of sp³-hybridized carbons (Fsp3) is 0.263. The van der Waals surface area contributed by atoms with Crippen LogP contribution in [-0.4, -0.2) is 34.3 Å². The Labute approximate surface area is 157 Å². The molecule has 3 rings (SSSR count). The molecule has 0 radical (unpaired) electrons. The lowest BCUT2D eigenvalue weighted by molar-refractivity contribution is 0.0412. The first-order valence-electron chi connectivity index (χ1n) is 8.20. The first-order valence-corrected chi connectivity index (χ1v) is 9.68. The summed E-state index contributed by atoms with van der Waals surface area (Å²) in [5.74, 6) is 0.994. The van der Waals surface area contributed by atoms with E-state index >= 15 is 0 Å². The summed E-state index contributed by atoms with van der Waals surface area (Å²) in [5.41, 5.74) is -0.904. The number of para-hydroxylation sites is 1. The van der Waals surface area contributed by atoms with Gasteiger partial charge in [-0.15, -0.1) is 0 Å². The largest absolute Gasteiger partial charge is 0.493 e. The highest BCUT2D eigenvalue weighted by Crippen LogP contribution is 2.30. The number of nitrogens with one attached hydrogen (secondary N) is 1. The Bertz CT molecular complexity index is 1020. The Kier molecular flexibility index (Phi) is 5.14. The van der Waals surface area contributed by atoms with Gasteiger partial charge in [0.05, 0.1) is 19.1 Å². The lowest BCUT2D eigenvalue weighted by atomic mass is 10.0. The maximum Gasteiger partial charge on any atom is 0.240 e. The molecule has 2 N–H and O–H groups in total. The third-order valence-corrected chi connectivity index (χ3v) is 5.63. The molecule has 0 fully saturated rings. The second-order valence-corrected chi connectivity index (χ2v) is 8.03. The van der Waals surface area contributed by atoms with Crippen molar-refractivity contribution in [2.45, 2.75) is 17.4 Å². The molecule has 0 saturated carbocycles. The van der Waals surface area contributed by atoms with Gasteiger partial charge in [0.1, 0.15) is 16.9 Å². The second kappa shape index (κ2) is 7.22. The molecular weight excluding hydrogens is 370 g/mol. The van der Waals surface area contributed by atoms with Crippen molar-refractivity contribution < 1.29 is 27.4 Å². The number of aliphatic hydroxyl groups is 1. The van der Waals surface area contributed by atoms with E-state index in [-0.39, 0.29) is 17.2 Å². The summed E-state index contributed by atoms with van der Waals surface area (Å²) in [6.45, 7) is 1.23. The first-order chi connectivity index (χ1) is 12.8. The molecule has 2 aromatic carbocycles. The number of fused-ring (bicyclic) bond motifs is 1. The summed E-state index contributed by atoms with van der Waals surface area (Å²) in [7, 11) is -0.985. The van der Waals surface area contributed by atoms with Gasteiger partial charge < -0.3 is 19.0 Å². The minimum Gasteiger partial charge on any atom is -0.493 e. The number of sulfonamides is 1. The molecule has 0 saturated heterocycles. The van der Waals surface area contributed by atoms with Crippen molar-refractivity contribution in [3.05, 3.63) is 54.3 Å². The molecule has 1 atom stereocenters. The predicted molar refractivity (Wildman–Crippen MR) is 101 cm³/mol. The second-order valence-electron chi connectivity index (χ2n) is 6.26. The number of benzene rings is 2. The summed E-state index contributed by atoms with van der Waals surface area (Å²) in [6, 6.07) is 13.3. The van der Waals surface area contributed by atoms with Crippen LogP contribution in [0, 0.1) is 0 Å². The molecule has 7 nitrogen and oxygen atoms in total. The average Bonchev–Trinajstić information content (AvgIpc) is 3.11. The van der Waals surface area contributed by atoms with Crippen molar-refractivity contribution in [2.75, 3.05) is 20.8 Å². The third-order valence-electron chi connectivity index (χ3n) is 4.23. The van der Waals surface area contributed by atoms with Crippen molar-refractivity contribution in [3.63, 3.8) is 0 Å². The van der Waals surface area contributed by atoms with Gasteiger partial charge in [-0.2, -0.15) is 0 Å². The summed E-state index contributed by atoms with van der Waals surface area (Å²) in [4.78, 5) is 0.000515. The molecule has 0 bridgehead atoms. The van der Waals surface area contributed by atoms with Gasteiger partial charge in [0.25, 0.3) is 0 Å². The van der Waals surface area contributed by atoms with Gasteiger partial charge in [0.15, 0.2) is 11.5 Å². The molecule has 0 aliphatic rings. The summed E-state index contributed by atoms with van der Waals surface area (Å²) in [5, 5.41) is 11.5. The van der Waals surface area contributed by atoms with E-state index in [1.54, 1.807) is 12.1 Å². The van der Waals surface area contributed by atoms with Crippen molar-refractivity contribution in [1.29, 1.82) is 0 Å². The van der Waals surface area contributed by atoms with Gasteiger partial charge in [-0.05, 0) is 31.2 Å². The Morgan fingerprint density at radius 3 is 2.44 bits per heavy atom. The number of hydrogen-bond acceptors (Lipinski definition) is 6. The van der Waals surface area contributed by atoms with Crippen LogP contribution in [0.1, 0.15) is 12.7 Å². The van der Waals surface area contributed by atoms with Gasteiger partial charge in [-0.25, -0.2) is 13.1 Å². The van der Waals surface area contributed by atoms with Gasteiger partial charge in [-0.3, -0.25) is 0 Å². The Morgan fingerprint density at radius 2 is 1.78 bits per heavy atom. The summed E-state index contributed by atoms with van der Waals surface area (Å²) < 4.78 is 43.5. The third kappa shape index (κ3) is 3.92. The van der Waals surface area contributed by atoms with Gasteiger partial charge in [0, 0.05) is 18.0 Å². The molecule has 1 unspecified atom stereocenters. The van der Waals surface area contributed by atoms with Crippen LogP contribution in [0.5, 0.6) is 11.5 Å². The van der Waals surface area contributed by atoms with Crippen LogP contribution in [0.15, 0.2) is 57.8 Å². The van der Waals surface area contributed by atoms with Crippen LogP contribution >= 0.6 is 0 Å². The van der Waals surface area contributed by atoms with Crippen LogP contribution in [0.3, 0.4) is 0 Å². The minimum absolute atomic E-state index is 0.000515. The molecule has 1 heterocycles. The van der Waals surface area contributed by atoms with Gasteiger partial charge >= 0.3 is 0 Å². The topological polar surface area (TPSA) is 98.0 Å². The van der Waals surface area contributed by atoms with E-state index < -0.39 is 15.6 Å². The Balaban J connectivity index is 1.81. The highest BCUT2D eigenvalue weighted by Gasteiger charge is 2.30. The molecule has 0 aliphatic carbocycles. The fourth-order valence-electron chi connectivity index (χ4n) is 2.64. The van der Waals surface area contributed by atoms with Gasteiger partial charge in [-0.1, -0.05) is 18.2 Å². The maximum atomic E-state index is 12.6. The van der Waals surface area contributed by atoms with E-state index in [9.17, 15) is 13.5 Å². The minimum atomic E-state index is -3.88. The zero-order chi connectivity index (χ0) is 19.7. The van der Waals surface area contributed by atoms with E-state index in [1.807, 2.05) is 18.2 Å². The zero-order valence-electron chi connectivity index (χ0n) is 15.2. The molecular formula is C19H21NO6S. The standard InChI is InChI=1S/C19H21NO6S/c1-19(21,18-10-13-6-4-5-7-15(13)26-18)12-20-27(22,23)14-8-9-16(24-2)17(11-14)25-3/h4-11,20-21H,12H2,1-3H3. The van der Waals surface area contributed by atoms with Crippen molar-refractivity contribution in [3.8, 4) is 11.5 Å². The smallest absolute Gasteiger partial charge is 0.240 e. The van der Waals surface area contributed by atoms with E-state index in [4.69, 9.17) is 13.9 Å². The average molecular weight is 391 g/mol. The molecule has 8 heteroatoms. The molecule has 0 amide bonds. The zero-order valence-corrected chi connectivity index (χ0v) is 16.0. The summed E-state index contributed by atoms with van der Waals surface area (Å²) >= 11 is 0. The van der Waals surface area contributed by atoms with Gasteiger partial charge in [0.2, 0.25) is 10.0 Å². The van der Waals surface area contributed by atoms with Crippen LogP contribution in [0.4, 0.5) is 0 Å². The van der Waals surface area contributed by atoms with Crippen molar-refractivity contribution in [1.82, 2.24) is 4.72 Å². The molecule has 144 valence electrons. The maximum absolute atomic E-state index is 12.6. The molecule has 3 aromatic rings. The normalized spacial score (nSPS) is 14.1. The quantitative estimate of drug-likeness (QED) is 0.643. The number of methoxy groups -OCH3 is 2. The van der Waals surface area contributed by atoms with Crippen LogP contribution in [-0.2, 0) is 15.6 Å². The number of hydrogen-bond donors (Lipinski definition) is 2. The van der Waals surface area contributed by atoms with Crippen LogP contribution in [0.25, 0.3) is 11.0 Å². The monoisotopic (exact) mass is 391 g/mol. The number of furan rings is 1. The van der Waals surface area contributed by atoms with Crippen LogP contribution < -0.4 is 14.2 Å². The van der Waals surface area contributed by atoms with Crippen LogP contribution in [0.2, 0.25) is 0 Å². The van der Waals surface area contributed by atoms with E-state index in [0.29, 0.717) is 17.1 Å². The molecule has 27 heavy (non-hydrogen) atoms. The van der Waals surface area contributed by atoms with Crippen molar-refractivity contribution >= 4 is 21.0 Å².